The minimum Gasteiger partial charge on any atom is -0.383 e. The first-order chi connectivity index (χ1) is 9.06. The fourth-order valence-electron chi connectivity index (χ4n) is 2.12. The normalized spacial score (nSPS) is 11.6. The molecule has 0 saturated carbocycles. The Morgan fingerprint density at radius 1 is 1.21 bits per heavy atom. The first kappa shape index (κ1) is 11.8. The van der Waals surface area contributed by atoms with E-state index in [0.717, 1.165) is 22.5 Å². The number of hydrogen-bond donors (Lipinski definition) is 1. The highest BCUT2D eigenvalue weighted by Gasteiger charge is 2.13. The number of aromatic nitrogens is 4. The number of hydrogen-bond acceptors (Lipinski definition) is 3. The molecular weight excluding hydrogens is 238 g/mol. The van der Waals surface area contributed by atoms with Crippen LogP contribution in [0.3, 0.4) is 0 Å². The first-order valence-corrected chi connectivity index (χ1v) is 6.35. The van der Waals surface area contributed by atoms with Gasteiger partial charge in [-0.15, -0.1) is 0 Å². The average Bonchev–Trinajstić information content (AvgIpc) is 2.95. The standard InChI is InChI=1S/C14H17N5/c1-9(2)19-8-11(6-16-19)13-14(15)18-7-10(3)4-5-12(18)17-13/h4-9H,15H2,1-3H3. The number of pyridine rings is 1. The van der Waals surface area contributed by atoms with Crippen LogP contribution in [0, 0.1) is 6.92 Å². The molecule has 98 valence electrons. The lowest BCUT2D eigenvalue weighted by molar-refractivity contribution is 0.532. The Bertz CT molecular complexity index is 735. The molecule has 0 aliphatic rings. The summed E-state index contributed by atoms with van der Waals surface area (Å²) >= 11 is 0. The van der Waals surface area contributed by atoms with E-state index >= 15 is 0 Å². The molecule has 0 bridgehead atoms. The van der Waals surface area contributed by atoms with Gasteiger partial charge in [0.15, 0.2) is 0 Å². The quantitative estimate of drug-likeness (QED) is 0.765. The fraction of sp³-hybridized carbons (Fsp3) is 0.286. The van der Waals surface area contributed by atoms with E-state index in [0.29, 0.717) is 11.9 Å². The monoisotopic (exact) mass is 255 g/mol. The molecule has 0 aromatic carbocycles. The van der Waals surface area contributed by atoms with Gasteiger partial charge in [-0.1, -0.05) is 6.07 Å². The number of fused-ring (bicyclic) bond motifs is 1. The highest BCUT2D eigenvalue weighted by molar-refractivity contribution is 5.74. The van der Waals surface area contributed by atoms with E-state index in [2.05, 4.69) is 23.9 Å². The Morgan fingerprint density at radius 2 is 2.00 bits per heavy atom. The maximum atomic E-state index is 6.19. The number of aryl methyl sites for hydroxylation is 1. The minimum absolute atomic E-state index is 0.328. The smallest absolute Gasteiger partial charge is 0.139 e. The largest absolute Gasteiger partial charge is 0.383 e. The van der Waals surface area contributed by atoms with Crippen LogP contribution in [0.15, 0.2) is 30.7 Å². The molecule has 5 heteroatoms. The van der Waals surface area contributed by atoms with E-state index in [9.17, 15) is 0 Å². The van der Waals surface area contributed by atoms with E-state index in [1.165, 1.54) is 0 Å². The number of nitrogens with two attached hydrogens (primary N) is 1. The van der Waals surface area contributed by atoms with Crippen LogP contribution in [0.4, 0.5) is 5.82 Å². The molecule has 0 amide bonds. The summed E-state index contributed by atoms with van der Waals surface area (Å²) in [6.45, 7) is 6.22. The zero-order valence-corrected chi connectivity index (χ0v) is 11.3. The molecular formula is C14H17N5. The van der Waals surface area contributed by atoms with Crippen LogP contribution in [-0.4, -0.2) is 19.2 Å². The van der Waals surface area contributed by atoms with Gasteiger partial charge in [-0.05, 0) is 32.4 Å². The average molecular weight is 255 g/mol. The van der Waals surface area contributed by atoms with Crippen molar-refractivity contribution in [1.29, 1.82) is 0 Å². The third-order valence-corrected chi connectivity index (χ3v) is 3.21. The number of rotatable bonds is 2. The van der Waals surface area contributed by atoms with Gasteiger partial charge in [0, 0.05) is 24.0 Å². The molecule has 3 heterocycles. The van der Waals surface area contributed by atoms with Crippen LogP contribution < -0.4 is 5.73 Å². The van der Waals surface area contributed by atoms with Crippen molar-refractivity contribution in [2.24, 2.45) is 0 Å². The van der Waals surface area contributed by atoms with Crippen LogP contribution in [-0.2, 0) is 0 Å². The second-order valence-corrected chi connectivity index (χ2v) is 5.08. The fourth-order valence-corrected chi connectivity index (χ4v) is 2.12. The lowest BCUT2D eigenvalue weighted by Gasteiger charge is -2.02. The molecule has 3 aromatic rings. The number of nitrogens with zero attached hydrogens (tertiary/aromatic N) is 4. The maximum Gasteiger partial charge on any atom is 0.139 e. The third-order valence-electron chi connectivity index (χ3n) is 3.21. The van der Waals surface area contributed by atoms with E-state index in [-0.39, 0.29) is 0 Å². The van der Waals surface area contributed by atoms with Crippen molar-refractivity contribution >= 4 is 11.5 Å². The van der Waals surface area contributed by atoms with Gasteiger partial charge in [-0.3, -0.25) is 9.08 Å². The molecule has 0 aliphatic carbocycles. The van der Waals surface area contributed by atoms with Crippen molar-refractivity contribution in [3.05, 3.63) is 36.3 Å². The van der Waals surface area contributed by atoms with Gasteiger partial charge in [0.1, 0.15) is 17.2 Å². The van der Waals surface area contributed by atoms with E-state index in [1.54, 1.807) is 0 Å². The van der Waals surface area contributed by atoms with Crippen LogP contribution >= 0.6 is 0 Å². The molecule has 3 rings (SSSR count). The second kappa shape index (κ2) is 4.12. The SMILES string of the molecule is Cc1ccc2nc(-c3cnn(C(C)C)c3)c(N)n2c1. The van der Waals surface area contributed by atoms with Gasteiger partial charge in [-0.25, -0.2) is 4.98 Å². The van der Waals surface area contributed by atoms with Crippen molar-refractivity contribution < 1.29 is 0 Å². The van der Waals surface area contributed by atoms with Crippen LogP contribution in [0.5, 0.6) is 0 Å². The van der Waals surface area contributed by atoms with E-state index in [4.69, 9.17) is 5.73 Å². The Labute approximate surface area is 111 Å². The van der Waals surface area contributed by atoms with Gasteiger partial charge in [0.25, 0.3) is 0 Å². The van der Waals surface area contributed by atoms with Gasteiger partial charge in [0.2, 0.25) is 0 Å². The summed E-state index contributed by atoms with van der Waals surface area (Å²) in [4.78, 5) is 4.58. The van der Waals surface area contributed by atoms with Crippen LogP contribution in [0.2, 0.25) is 0 Å². The summed E-state index contributed by atoms with van der Waals surface area (Å²) in [5.41, 5.74) is 9.94. The zero-order valence-electron chi connectivity index (χ0n) is 11.3. The van der Waals surface area contributed by atoms with Gasteiger partial charge in [0.05, 0.1) is 6.20 Å². The lowest BCUT2D eigenvalue weighted by atomic mass is 10.2. The van der Waals surface area contributed by atoms with Crippen LogP contribution in [0.1, 0.15) is 25.5 Å². The predicted octanol–water partition coefficient (Wildman–Crippen LogP) is 2.67. The summed E-state index contributed by atoms with van der Waals surface area (Å²) < 4.78 is 3.82. The molecule has 5 nitrogen and oxygen atoms in total. The van der Waals surface area contributed by atoms with E-state index in [1.807, 2.05) is 46.7 Å². The predicted molar refractivity (Wildman–Crippen MR) is 75.9 cm³/mol. The third kappa shape index (κ3) is 1.87. The van der Waals surface area contributed by atoms with Crippen molar-refractivity contribution in [1.82, 2.24) is 19.2 Å². The highest BCUT2D eigenvalue weighted by atomic mass is 15.3. The Hall–Kier alpha value is -2.30. The van der Waals surface area contributed by atoms with Crippen molar-refractivity contribution in [3.8, 4) is 11.3 Å². The summed E-state index contributed by atoms with van der Waals surface area (Å²) in [5.74, 6) is 0.655. The van der Waals surface area contributed by atoms with Crippen molar-refractivity contribution in [3.63, 3.8) is 0 Å². The molecule has 0 fully saturated rings. The first-order valence-electron chi connectivity index (χ1n) is 6.35. The van der Waals surface area contributed by atoms with Gasteiger partial charge >= 0.3 is 0 Å². The highest BCUT2D eigenvalue weighted by Crippen LogP contribution is 2.26. The molecule has 3 aromatic heterocycles. The zero-order chi connectivity index (χ0) is 13.6. The molecule has 19 heavy (non-hydrogen) atoms. The Morgan fingerprint density at radius 3 is 2.68 bits per heavy atom. The molecule has 0 aliphatic heterocycles. The Balaban J connectivity index is 2.16. The molecule has 0 atom stereocenters. The van der Waals surface area contributed by atoms with Crippen molar-refractivity contribution in [2.75, 3.05) is 5.73 Å². The van der Waals surface area contributed by atoms with Crippen LogP contribution in [0.25, 0.3) is 16.9 Å². The second-order valence-electron chi connectivity index (χ2n) is 5.08. The number of imidazole rings is 1. The van der Waals surface area contributed by atoms with Gasteiger partial charge < -0.3 is 5.73 Å². The number of nitrogen functional groups attached to an aromatic ring is 1. The summed E-state index contributed by atoms with van der Waals surface area (Å²) in [6.07, 6.45) is 5.79. The van der Waals surface area contributed by atoms with E-state index < -0.39 is 0 Å². The molecule has 0 radical (unpaired) electrons. The number of anilines is 1. The molecule has 2 N–H and O–H groups in total. The molecule has 0 spiro atoms. The maximum absolute atomic E-state index is 6.19. The van der Waals surface area contributed by atoms with Gasteiger partial charge in [-0.2, -0.15) is 5.10 Å². The topological polar surface area (TPSA) is 61.1 Å². The minimum atomic E-state index is 0.328. The summed E-state index contributed by atoms with van der Waals surface area (Å²) in [6, 6.07) is 4.33. The molecule has 0 saturated heterocycles. The lowest BCUT2D eigenvalue weighted by Crippen LogP contribution is -1.99. The summed E-state index contributed by atoms with van der Waals surface area (Å²) in [7, 11) is 0. The van der Waals surface area contributed by atoms with Crippen molar-refractivity contribution in [2.45, 2.75) is 26.8 Å². The Kier molecular flexibility index (Phi) is 2.55. The summed E-state index contributed by atoms with van der Waals surface area (Å²) in [5, 5.41) is 4.33. The molecule has 0 unspecified atom stereocenters.